The van der Waals surface area contributed by atoms with Gasteiger partial charge in [0.05, 0.1) is 6.61 Å². The van der Waals surface area contributed by atoms with Crippen molar-refractivity contribution in [2.24, 2.45) is 5.14 Å². The number of primary sulfonamides is 1. The second-order valence-corrected chi connectivity index (χ2v) is 4.63. The van der Waals surface area contributed by atoms with Gasteiger partial charge in [-0.2, -0.15) is 0 Å². The highest BCUT2D eigenvalue weighted by Gasteiger charge is 2.21. The summed E-state index contributed by atoms with van der Waals surface area (Å²) < 4.78 is 58.0. The molecule has 0 aliphatic carbocycles. The molecule has 1 aromatic rings. The van der Waals surface area contributed by atoms with Gasteiger partial charge in [-0.25, -0.2) is 22.3 Å². The third kappa shape index (κ3) is 3.62. The van der Waals surface area contributed by atoms with Crippen LogP contribution in [0.3, 0.4) is 0 Å². The van der Waals surface area contributed by atoms with Crippen LogP contribution in [0.5, 0.6) is 5.75 Å². The normalized spacial score (nSPS) is 11.5. The average molecular weight is 267 g/mol. The van der Waals surface area contributed by atoms with Crippen LogP contribution in [0.1, 0.15) is 0 Å². The fourth-order valence-corrected chi connectivity index (χ4v) is 1.81. The third-order valence-electron chi connectivity index (χ3n) is 1.81. The minimum atomic E-state index is -4.26. The number of sulfonamides is 1. The van der Waals surface area contributed by atoms with Gasteiger partial charge in [-0.1, -0.05) is 0 Å². The molecule has 0 bridgehead atoms. The van der Waals surface area contributed by atoms with Crippen LogP contribution < -0.4 is 9.88 Å². The van der Waals surface area contributed by atoms with Gasteiger partial charge in [-0.05, 0) is 6.07 Å². The maximum atomic E-state index is 13.3. The summed E-state index contributed by atoms with van der Waals surface area (Å²) in [7, 11) is -2.87. The molecule has 2 N–H and O–H groups in total. The highest BCUT2D eigenvalue weighted by Crippen LogP contribution is 2.27. The zero-order chi connectivity index (χ0) is 13.1. The summed E-state index contributed by atoms with van der Waals surface area (Å²) in [6.07, 6.45) is 0. The van der Waals surface area contributed by atoms with E-state index in [1.165, 1.54) is 7.11 Å². The standard InChI is InChI=1S/C9H11F2NO4S/c1-15-2-3-16-9-7(11)4-6(10)5-8(9)17(12,13)14/h4-5H,2-3H2,1H3,(H2,12,13,14). The Balaban J connectivity index is 3.17. The van der Waals surface area contributed by atoms with Gasteiger partial charge in [0.15, 0.2) is 11.6 Å². The van der Waals surface area contributed by atoms with Gasteiger partial charge in [-0.3, -0.25) is 0 Å². The highest BCUT2D eigenvalue weighted by molar-refractivity contribution is 7.89. The van der Waals surface area contributed by atoms with Gasteiger partial charge < -0.3 is 9.47 Å². The number of nitrogens with two attached hydrogens (primary N) is 1. The Hall–Kier alpha value is -1.25. The van der Waals surface area contributed by atoms with Gasteiger partial charge >= 0.3 is 0 Å². The molecule has 0 atom stereocenters. The van der Waals surface area contributed by atoms with Crippen molar-refractivity contribution in [3.05, 3.63) is 23.8 Å². The molecule has 0 fully saturated rings. The summed E-state index contributed by atoms with van der Waals surface area (Å²) in [6.45, 7) is 0.0441. The first kappa shape index (κ1) is 13.8. The number of hydrogen-bond acceptors (Lipinski definition) is 4. The Morgan fingerprint density at radius 1 is 1.29 bits per heavy atom. The van der Waals surface area contributed by atoms with E-state index in [0.29, 0.717) is 12.1 Å². The van der Waals surface area contributed by atoms with Gasteiger partial charge in [0, 0.05) is 13.2 Å². The molecule has 1 aromatic carbocycles. The molecule has 0 aliphatic rings. The van der Waals surface area contributed by atoms with Crippen molar-refractivity contribution < 1.29 is 26.7 Å². The molecule has 1 rings (SSSR count). The molecule has 0 spiro atoms. The molecule has 0 aliphatic heterocycles. The Kier molecular flexibility index (Phi) is 4.38. The van der Waals surface area contributed by atoms with Crippen LogP contribution in [0.25, 0.3) is 0 Å². The lowest BCUT2D eigenvalue weighted by molar-refractivity contribution is 0.142. The minimum absolute atomic E-state index is 0.0818. The van der Waals surface area contributed by atoms with Crippen molar-refractivity contribution in [2.45, 2.75) is 4.90 Å². The van der Waals surface area contributed by atoms with Crippen molar-refractivity contribution in [3.63, 3.8) is 0 Å². The molecular formula is C9H11F2NO4S. The number of methoxy groups -OCH3 is 1. The van der Waals surface area contributed by atoms with E-state index < -0.39 is 32.3 Å². The maximum absolute atomic E-state index is 13.3. The molecule has 8 heteroatoms. The molecule has 0 amide bonds. The maximum Gasteiger partial charge on any atom is 0.241 e. The van der Waals surface area contributed by atoms with Gasteiger partial charge in [0.2, 0.25) is 10.0 Å². The van der Waals surface area contributed by atoms with E-state index in [0.717, 1.165) is 0 Å². The molecule has 0 unspecified atom stereocenters. The lowest BCUT2D eigenvalue weighted by Gasteiger charge is -2.10. The number of benzene rings is 1. The monoisotopic (exact) mass is 267 g/mol. The lowest BCUT2D eigenvalue weighted by atomic mass is 10.3. The molecular weight excluding hydrogens is 256 g/mol. The average Bonchev–Trinajstić information content (AvgIpc) is 2.19. The van der Waals surface area contributed by atoms with E-state index in [2.05, 4.69) is 4.74 Å². The predicted molar refractivity (Wildman–Crippen MR) is 55.1 cm³/mol. The quantitative estimate of drug-likeness (QED) is 0.794. The first-order valence-corrected chi connectivity index (χ1v) is 6.04. The van der Waals surface area contributed by atoms with Crippen LogP contribution in [0.2, 0.25) is 0 Å². The summed E-state index contributed by atoms with van der Waals surface area (Å²) in [4.78, 5) is -0.730. The largest absolute Gasteiger partial charge is 0.487 e. The van der Waals surface area contributed by atoms with E-state index >= 15 is 0 Å². The van der Waals surface area contributed by atoms with Crippen LogP contribution in [-0.2, 0) is 14.8 Å². The molecule has 0 saturated carbocycles. The highest BCUT2D eigenvalue weighted by atomic mass is 32.2. The van der Waals surface area contributed by atoms with E-state index in [1.807, 2.05) is 0 Å². The van der Waals surface area contributed by atoms with Crippen LogP contribution in [0.4, 0.5) is 8.78 Å². The number of halogens is 2. The van der Waals surface area contributed by atoms with E-state index in [4.69, 9.17) is 9.88 Å². The first-order chi connectivity index (χ1) is 7.86. The van der Waals surface area contributed by atoms with Crippen molar-refractivity contribution in [2.75, 3.05) is 20.3 Å². The zero-order valence-corrected chi connectivity index (χ0v) is 9.76. The number of ether oxygens (including phenoxy) is 2. The first-order valence-electron chi connectivity index (χ1n) is 4.50. The molecule has 0 saturated heterocycles. The Morgan fingerprint density at radius 2 is 1.94 bits per heavy atom. The SMILES string of the molecule is COCCOc1c(F)cc(F)cc1S(N)(=O)=O. The topological polar surface area (TPSA) is 78.6 Å². The van der Waals surface area contributed by atoms with E-state index in [9.17, 15) is 17.2 Å². The fraction of sp³-hybridized carbons (Fsp3) is 0.333. The fourth-order valence-electron chi connectivity index (χ4n) is 1.12. The summed E-state index contributed by atoms with van der Waals surface area (Å²) in [6, 6.07) is 1.11. The molecule has 96 valence electrons. The summed E-state index contributed by atoms with van der Waals surface area (Å²) in [5.41, 5.74) is 0. The van der Waals surface area contributed by atoms with Crippen molar-refractivity contribution in [3.8, 4) is 5.75 Å². The van der Waals surface area contributed by atoms with Gasteiger partial charge in [0.25, 0.3) is 0 Å². The molecule has 0 heterocycles. The van der Waals surface area contributed by atoms with Crippen LogP contribution in [-0.4, -0.2) is 28.7 Å². The Morgan fingerprint density at radius 3 is 2.47 bits per heavy atom. The molecule has 0 aromatic heterocycles. The zero-order valence-electron chi connectivity index (χ0n) is 8.94. The summed E-state index contributed by atoms with van der Waals surface area (Å²) in [5, 5.41) is 4.83. The van der Waals surface area contributed by atoms with Crippen molar-refractivity contribution in [1.82, 2.24) is 0 Å². The Bertz CT molecular complexity index is 504. The van der Waals surface area contributed by atoms with Crippen molar-refractivity contribution in [1.29, 1.82) is 0 Å². The second-order valence-electron chi connectivity index (χ2n) is 3.10. The molecule has 17 heavy (non-hydrogen) atoms. The predicted octanol–water partition coefficient (Wildman–Crippen LogP) is 0.637. The van der Waals surface area contributed by atoms with Crippen LogP contribution >= 0.6 is 0 Å². The number of rotatable bonds is 5. The minimum Gasteiger partial charge on any atom is -0.487 e. The van der Waals surface area contributed by atoms with Gasteiger partial charge in [0.1, 0.15) is 17.3 Å². The third-order valence-corrected chi connectivity index (χ3v) is 2.73. The van der Waals surface area contributed by atoms with E-state index in [-0.39, 0.29) is 13.2 Å². The summed E-state index contributed by atoms with van der Waals surface area (Å²) in [5.74, 6) is -2.79. The van der Waals surface area contributed by atoms with Crippen molar-refractivity contribution >= 4 is 10.0 Å². The second kappa shape index (κ2) is 5.39. The van der Waals surface area contributed by atoms with Crippen LogP contribution in [0, 0.1) is 11.6 Å². The van der Waals surface area contributed by atoms with Crippen LogP contribution in [0.15, 0.2) is 17.0 Å². The smallest absolute Gasteiger partial charge is 0.241 e. The Labute approximate surface area is 97.2 Å². The summed E-state index contributed by atoms with van der Waals surface area (Å²) >= 11 is 0. The lowest BCUT2D eigenvalue weighted by Crippen LogP contribution is -2.16. The number of hydrogen-bond donors (Lipinski definition) is 1. The van der Waals surface area contributed by atoms with E-state index in [1.54, 1.807) is 0 Å². The molecule has 5 nitrogen and oxygen atoms in total. The molecule has 0 radical (unpaired) electrons. The van der Waals surface area contributed by atoms with Gasteiger partial charge in [-0.15, -0.1) is 0 Å².